The van der Waals surface area contributed by atoms with E-state index in [1.165, 1.54) is 0 Å². The van der Waals surface area contributed by atoms with Crippen LogP contribution < -0.4 is 10.1 Å². The zero-order valence-corrected chi connectivity index (χ0v) is 16.3. The van der Waals surface area contributed by atoms with Gasteiger partial charge in [0.1, 0.15) is 5.75 Å². The van der Waals surface area contributed by atoms with E-state index in [0.29, 0.717) is 27.9 Å². The number of nitrogens with one attached hydrogen (secondary N) is 1. The van der Waals surface area contributed by atoms with E-state index < -0.39 is 12.1 Å². The number of esters is 1. The number of rotatable bonds is 6. The van der Waals surface area contributed by atoms with Crippen molar-refractivity contribution in [2.24, 2.45) is 0 Å². The summed E-state index contributed by atoms with van der Waals surface area (Å²) in [6.45, 7) is 1.58. The molecule has 2 aromatic carbocycles. The number of hydrogen-bond donors (Lipinski definition) is 1. The molecular formula is C23H22N2O4. The molecule has 1 aliphatic carbocycles. The molecule has 6 nitrogen and oxygen atoms in total. The first-order valence-electron chi connectivity index (χ1n) is 9.60. The highest BCUT2D eigenvalue weighted by molar-refractivity contribution is 6.05. The van der Waals surface area contributed by atoms with Crippen LogP contribution in [0.1, 0.15) is 30.1 Å². The Kier molecular flexibility index (Phi) is 5.16. The summed E-state index contributed by atoms with van der Waals surface area (Å²) in [6.07, 6.45) is 1.07. The first-order chi connectivity index (χ1) is 14.0. The molecule has 1 aliphatic rings. The molecule has 1 saturated carbocycles. The van der Waals surface area contributed by atoms with Gasteiger partial charge >= 0.3 is 5.97 Å². The van der Waals surface area contributed by atoms with Crippen molar-refractivity contribution in [2.75, 3.05) is 7.11 Å². The summed E-state index contributed by atoms with van der Waals surface area (Å²) in [5.74, 6) is -0.235. The topological polar surface area (TPSA) is 77.5 Å². The van der Waals surface area contributed by atoms with Crippen molar-refractivity contribution in [1.82, 2.24) is 10.3 Å². The van der Waals surface area contributed by atoms with Crippen LogP contribution in [-0.4, -0.2) is 36.1 Å². The van der Waals surface area contributed by atoms with Crippen molar-refractivity contribution >= 4 is 22.8 Å². The Morgan fingerprint density at radius 3 is 2.55 bits per heavy atom. The minimum absolute atomic E-state index is 0.208. The summed E-state index contributed by atoms with van der Waals surface area (Å²) in [5, 5.41) is 3.47. The van der Waals surface area contributed by atoms with Gasteiger partial charge in [0.15, 0.2) is 6.10 Å². The van der Waals surface area contributed by atoms with Gasteiger partial charge in [0.05, 0.1) is 23.9 Å². The number of fused-ring (bicyclic) bond motifs is 1. The van der Waals surface area contributed by atoms with E-state index in [1.54, 1.807) is 38.3 Å². The van der Waals surface area contributed by atoms with Gasteiger partial charge in [-0.1, -0.05) is 30.3 Å². The first kappa shape index (κ1) is 18.9. The lowest BCUT2D eigenvalue weighted by Crippen LogP contribution is -2.37. The molecule has 1 heterocycles. The summed E-state index contributed by atoms with van der Waals surface area (Å²) >= 11 is 0. The van der Waals surface area contributed by atoms with Gasteiger partial charge in [-0.3, -0.25) is 4.79 Å². The van der Waals surface area contributed by atoms with Crippen molar-refractivity contribution in [3.63, 3.8) is 0 Å². The van der Waals surface area contributed by atoms with Gasteiger partial charge in [0.25, 0.3) is 5.91 Å². The number of ether oxygens (including phenoxy) is 2. The second-order valence-corrected chi connectivity index (χ2v) is 7.13. The molecule has 0 saturated heterocycles. The smallest absolute Gasteiger partial charge is 0.339 e. The van der Waals surface area contributed by atoms with Gasteiger partial charge < -0.3 is 14.8 Å². The number of nitrogens with zero attached hydrogens (tertiary/aromatic N) is 1. The molecule has 3 aromatic rings. The molecule has 0 unspecified atom stereocenters. The van der Waals surface area contributed by atoms with Crippen LogP contribution in [0.3, 0.4) is 0 Å². The number of aromatic nitrogens is 1. The van der Waals surface area contributed by atoms with Gasteiger partial charge in [-0.05, 0) is 44.0 Å². The standard InChI is InChI=1S/C23H22N2O4/c1-14(22(26)24-16-8-9-16)29-23(27)19-13-21(15-6-4-3-5-7-15)25-20-11-10-17(28-2)12-18(19)20/h3-7,10-14,16H,8-9H2,1-2H3,(H,24,26)/t14-/m1/s1. The van der Waals surface area contributed by atoms with Crippen molar-refractivity contribution in [1.29, 1.82) is 0 Å². The van der Waals surface area contributed by atoms with Crippen LogP contribution in [-0.2, 0) is 9.53 Å². The van der Waals surface area contributed by atoms with Crippen LogP contribution in [0.2, 0.25) is 0 Å². The Balaban J connectivity index is 1.71. The third-order valence-electron chi connectivity index (χ3n) is 4.88. The minimum Gasteiger partial charge on any atom is -0.497 e. The Labute approximate surface area is 168 Å². The number of hydrogen-bond acceptors (Lipinski definition) is 5. The van der Waals surface area contributed by atoms with E-state index >= 15 is 0 Å². The fourth-order valence-electron chi connectivity index (χ4n) is 3.08. The van der Waals surface area contributed by atoms with Crippen LogP contribution in [0.5, 0.6) is 5.75 Å². The zero-order valence-electron chi connectivity index (χ0n) is 16.3. The summed E-state index contributed by atoms with van der Waals surface area (Å²) in [4.78, 5) is 29.9. The lowest BCUT2D eigenvalue weighted by Gasteiger charge is -2.15. The molecule has 1 N–H and O–H groups in total. The quantitative estimate of drug-likeness (QED) is 0.649. The van der Waals surface area contributed by atoms with Crippen LogP contribution in [0.4, 0.5) is 0 Å². The van der Waals surface area contributed by atoms with Gasteiger partial charge in [-0.15, -0.1) is 0 Å². The third-order valence-corrected chi connectivity index (χ3v) is 4.88. The fourth-order valence-corrected chi connectivity index (χ4v) is 3.08. The third kappa shape index (κ3) is 4.21. The average Bonchev–Trinajstić information content (AvgIpc) is 3.57. The second kappa shape index (κ2) is 7.91. The molecule has 1 amide bonds. The van der Waals surface area contributed by atoms with Crippen LogP contribution in [0.25, 0.3) is 22.2 Å². The number of carbonyl (C=O) groups is 2. The number of amides is 1. The summed E-state index contributed by atoms with van der Waals surface area (Å²) in [7, 11) is 1.56. The highest BCUT2D eigenvalue weighted by Crippen LogP contribution is 2.28. The summed E-state index contributed by atoms with van der Waals surface area (Å²) < 4.78 is 10.8. The van der Waals surface area contributed by atoms with Gasteiger partial charge in [-0.25, -0.2) is 9.78 Å². The summed E-state index contributed by atoms with van der Waals surface area (Å²) in [6, 6.07) is 16.9. The SMILES string of the molecule is COc1ccc2nc(-c3ccccc3)cc(C(=O)O[C@H](C)C(=O)NC3CC3)c2c1. The molecule has 4 rings (SSSR count). The molecule has 0 spiro atoms. The highest BCUT2D eigenvalue weighted by Gasteiger charge is 2.28. The van der Waals surface area contributed by atoms with E-state index in [1.807, 2.05) is 30.3 Å². The molecule has 29 heavy (non-hydrogen) atoms. The van der Waals surface area contributed by atoms with Gasteiger partial charge in [0, 0.05) is 17.0 Å². The molecule has 0 radical (unpaired) electrons. The fraction of sp³-hybridized carbons (Fsp3) is 0.261. The molecule has 0 bridgehead atoms. The monoisotopic (exact) mass is 390 g/mol. The van der Waals surface area contributed by atoms with Crippen LogP contribution in [0, 0.1) is 0 Å². The van der Waals surface area contributed by atoms with E-state index in [-0.39, 0.29) is 11.9 Å². The number of pyridine rings is 1. The van der Waals surface area contributed by atoms with Gasteiger partial charge in [0.2, 0.25) is 0 Å². The van der Waals surface area contributed by atoms with Crippen LogP contribution in [0.15, 0.2) is 54.6 Å². The predicted octanol–water partition coefficient (Wildman–Crippen LogP) is 3.73. The van der Waals surface area contributed by atoms with Crippen LogP contribution >= 0.6 is 0 Å². The normalized spacial score (nSPS) is 14.3. The number of methoxy groups -OCH3 is 1. The molecule has 6 heteroatoms. The first-order valence-corrected chi connectivity index (χ1v) is 9.60. The van der Waals surface area contributed by atoms with E-state index in [2.05, 4.69) is 10.3 Å². The Morgan fingerprint density at radius 1 is 1.10 bits per heavy atom. The summed E-state index contributed by atoms with van der Waals surface area (Å²) in [5.41, 5.74) is 2.54. The van der Waals surface area contributed by atoms with E-state index in [9.17, 15) is 9.59 Å². The molecule has 0 aliphatic heterocycles. The highest BCUT2D eigenvalue weighted by atomic mass is 16.5. The van der Waals surface area contributed by atoms with Crippen molar-refractivity contribution in [3.8, 4) is 17.0 Å². The average molecular weight is 390 g/mol. The second-order valence-electron chi connectivity index (χ2n) is 7.13. The molecular weight excluding hydrogens is 368 g/mol. The Bertz CT molecular complexity index is 1060. The lowest BCUT2D eigenvalue weighted by atomic mass is 10.0. The van der Waals surface area contributed by atoms with E-state index in [0.717, 1.165) is 18.4 Å². The maximum atomic E-state index is 13.0. The molecule has 1 fully saturated rings. The Hall–Kier alpha value is -3.41. The van der Waals surface area contributed by atoms with Crippen molar-refractivity contribution in [2.45, 2.75) is 31.9 Å². The van der Waals surface area contributed by atoms with Crippen molar-refractivity contribution < 1.29 is 19.1 Å². The molecule has 1 atom stereocenters. The number of carbonyl (C=O) groups excluding carboxylic acids is 2. The maximum absolute atomic E-state index is 13.0. The molecule has 1 aromatic heterocycles. The lowest BCUT2D eigenvalue weighted by molar-refractivity contribution is -0.129. The van der Waals surface area contributed by atoms with Gasteiger partial charge in [-0.2, -0.15) is 0 Å². The minimum atomic E-state index is -0.878. The molecule has 148 valence electrons. The predicted molar refractivity (Wildman–Crippen MR) is 110 cm³/mol. The van der Waals surface area contributed by atoms with E-state index in [4.69, 9.17) is 9.47 Å². The zero-order chi connectivity index (χ0) is 20.4. The maximum Gasteiger partial charge on any atom is 0.339 e. The van der Waals surface area contributed by atoms with Crippen molar-refractivity contribution in [3.05, 3.63) is 60.2 Å². The largest absolute Gasteiger partial charge is 0.497 e. The Morgan fingerprint density at radius 2 is 1.86 bits per heavy atom. The number of benzene rings is 2.